The Hall–Kier alpha value is -3.01. The van der Waals surface area contributed by atoms with E-state index in [-0.39, 0.29) is 27.8 Å². The quantitative estimate of drug-likeness (QED) is 0.550. The number of anilines is 1. The number of hydrogen-bond donors (Lipinski definition) is 1. The molecule has 0 atom stereocenters. The molecule has 2 aromatic carbocycles. The van der Waals surface area contributed by atoms with Crippen LogP contribution in [0.15, 0.2) is 47.4 Å². The molecule has 1 amide bonds. The lowest BCUT2D eigenvalue weighted by molar-refractivity contribution is -0.119. The molecule has 29 heavy (non-hydrogen) atoms. The lowest BCUT2D eigenvalue weighted by Gasteiger charge is -2.11. The number of carbonyl (C=O) groups is 3. The van der Waals surface area contributed by atoms with Gasteiger partial charge in [-0.25, -0.2) is 9.59 Å². The van der Waals surface area contributed by atoms with E-state index in [1.165, 1.54) is 31.4 Å². The molecule has 0 fully saturated rings. The monoisotopic (exact) mass is 427 g/mol. The van der Waals surface area contributed by atoms with E-state index in [4.69, 9.17) is 4.74 Å². The number of amides is 1. The molecule has 0 heterocycles. The average Bonchev–Trinajstić information content (AvgIpc) is 2.66. The first-order valence-corrected chi connectivity index (χ1v) is 8.92. The number of nitrogens with one attached hydrogen (secondary N) is 1. The van der Waals surface area contributed by atoms with Crippen molar-refractivity contribution in [1.82, 2.24) is 0 Å². The van der Waals surface area contributed by atoms with E-state index in [0.29, 0.717) is 11.3 Å². The standard InChI is InChI=1S/C19H16F3NO5S/c1-11-3-4-13(17(25)27-2)9-15(11)23-16(24)10-28-18(26)12-5-7-14(8-6-12)29-19(20,21)22/h3-9H,10H2,1-2H3,(H,23,24). The topological polar surface area (TPSA) is 81.7 Å². The summed E-state index contributed by atoms with van der Waals surface area (Å²) in [6, 6.07) is 9.22. The van der Waals surface area contributed by atoms with Gasteiger partial charge >= 0.3 is 17.4 Å². The zero-order chi connectivity index (χ0) is 21.6. The maximum Gasteiger partial charge on any atom is 0.446 e. The van der Waals surface area contributed by atoms with Crippen LogP contribution in [0.1, 0.15) is 26.3 Å². The van der Waals surface area contributed by atoms with Crippen molar-refractivity contribution in [2.24, 2.45) is 0 Å². The highest BCUT2D eigenvalue weighted by molar-refractivity contribution is 8.00. The Kier molecular flexibility index (Phi) is 7.27. The molecule has 0 spiro atoms. The SMILES string of the molecule is COC(=O)c1ccc(C)c(NC(=O)COC(=O)c2ccc(SC(F)(F)F)cc2)c1. The van der Waals surface area contributed by atoms with Gasteiger partial charge in [0, 0.05) is 10.6 Å². The number of carbonyl (C=O) groups excluding carboxylic acids is 3. The lowest BCUT2D eigenvalue weighted by Crippen LogP contribution is -2.21. The van der Waals surface area contributed by atoms with Gasteiger partial charge in [0.05, 0.1) is 18.2 Å². The first kappa shape index (κ1) is 22.3. The van der Waals surface area contributed by atoms with E-state index in [2.05, 4.69) is 10.1 Å². The first-order chi connectivity index (χ1) is 13.6. The second-order valence-electron chi connectivity index (χ2n) is 5.72. The second-order valence-corrected chi connectivity index (χ2v) is 6.86. The van der Waals surface area contributed by atoms with Crippen molar-refractivity contribution in [1.29, 1.82) is 0 Å². The minimum Gasteiger partial charge on any atom is -0.465 e. The van der Waals surface area contributed by atoms with Crippen molar-refractivity contribution < 1.29 is 37.0 Å². The lowest BCUT2D eigenvalue weighted by atomic mass is 10.1. The molecular weight excluding hydrogens is 411 g/mol. The van der Waals surface area contributed by atoms with Crippen molar-refractivity contribution in [3.05, 3.63) is 59.2 Å². The molecule has 10 heteroatoms. The van der Waals surface area contributed by atoms with E-state index in [1.54, 1.807) is 13.0 Å². The van der Waals surface area contributed by atoms with Crippen LogP contribution in [0.5, 0.6) is 0 Å². The van der Waals surface area contributed by atoms with Crippen LogP contribution in [0.4, 0.5) is 18.9 Å². The van der Waals surface area contributed by atoms with Gasteiger partial charge in [-0.15, -0.1) is 0 Å². The number of aryl methyl sites for hydroxylation is 1. The molecule has 0 saturated heterocycles. The Morgan fingerprint density at radius 3 is 2.21 bits per heavy atom. The zero-order valence-electron chi connectivity index (χ0n) is 15.3. The fraction of sp³-hybridized carbons (Fsp3) is 0.211. The molecular formula is C19H16F3NO5S. The van der Waals surface area contributed by atoms with Gasteiger partial charge in [-0.3, -0.25) is 4.79 Å². The highest BCUT2D eigenvalue weighted by Crippen LogP contribution is 2.36. The van der Waals surface area contributed by atoms with E-state index in [9.17, 15) is 27.6 Å². The number of thioether (sulfide) groups is 1. The predicted octanol–water partition coefficient (Wildman–Crippen LogP) is 4.19. The van der Waals surface area contributed by atoms with E-state index in [0.717, 1.165) is 12.1 Å². The third-order valence-electron chi connectivity index (χ3n) is 3.59. The molecule has 0 saturated carbocycles. The van der Waals surface area contributed by atoms with Gasteiger partial charge in [0.2, 0.25) is 0 Å². The Bertz CT molecular complexity index is 913. The highest BCUT2D eigenvalue weighted by atomic mass is 32.2. The highest BCUT2D eigenvalue weighted by Gasteiger charge is 2.29. The van der Waals surface area contributed by atoms with Crippen molar-refractivity contribution >= 4 is 35.3 Å². The molecule has 154 valence electrons. The van der Waals surface area contributed by atoms with Gasteiger partial charge < -0.3 is 14.8 Å². The van der Waals surface area contributed by atoms with Gasteiger partial charge in [0.15, 0.2) is 6.61 Å². The van der Waals surface area contributed by atoms with Crippen LogP contribution in [-0.4, -0.2) is 37.1 Å². The number of hydrogen-bond acceptors (Lipinski definition) is 6. The molecule has 0 aliphatic carbocycles. The third kappa shape index (κ3) is 6.83. The minimum atomic E-state index is -4.43. The van der Waals surface area contributed by atoms with Crippen LogP contribution in [0, 0.1) is 6.92 Å². The van der Waals surface area contributed by atoms with Gasteiger partial charge in [-0.2, -0.15) is 13.2 Å². The van der Waals surface area contributed by atoms with Crippen LogP contribution in [-0.2, 0) is 14.3 Å². The summed E-state index contributed by atoms with van der Waals surface area (Å²) < 4.78 is 46.4. The number of methoxy groups -OCH3 is 1. The first-order valence-electron chi connectivity index (χ1n) is 8.11. The molecule has 2 aromatic rings. The summed E-state index contributed by atoms with van der Waals surface area (Å²) in [4.78, 5) is 35.5. The number of ether oxygens (including phenoxy) is 2. The maximum atomic E-state index is 12.3. The van der Waals surface area contributed by atoms with Gasteiger partial charge in [-0.05, 0) is 60.6 Å². The van der Waals surface area contributed by atoms with E-state index >= 15 is 0 Å². The summed E-state index contributed by atoms with van der Waals surface area (Å²) in [7, 11) is 1.23. The summed E-state index contributed by atoms with van der Waals surface area (Å²) in [5.41, 5.74) is -3.16. The Balaban J connectivity index is 1.94. The number of halogens is 3. The van der Waals surface area contributed by atoms with Crippen molar-refractivity contribution in [2.45, 2.75) is 17.3 Å². The number of alkyl halides is 3. The molecule has 1 N–H and O–H groups in total. The Morgan fingerprint density at radius 2 is 1.62 bits per heavy atom. The Labute approximate surface area is 168 Å². The van der Waals surface area contributed by atoms with Crippen LogP contribution in [0.3, 0.4) is 0 Å². The van der Waals surface area contributed by atoms with Crippen molar-refractivity contribution in [3.63, 3.8) is 0 Å². The Morgan fingerprint density at radius 1 is 1.00 bits per heavy atom. The average molecular weight is 427 g/mol. The van der Waals surface area contributed by atoms with Crippen LogP contribution in [0.25, 0.3) is 0 Å². The van der Waals surface area contributed by atoms with Crippen LogP contribution in [0.2, 0.25) is 0 Å². The van der Waals surface area contributed by atoms with Crippen molar-refractivity contribution in [3.8, 4) is 0 Å². The summed E-state index contributed by atoms with van der Waals surface area (Å²) >= 11 is -0.302. The smallest absolute Gasteiger partial charge is 0.446 e. The van der Waals surface area contributed by atoms with Crippen molar-refractivity contribution in [2.75, 3.05) is 19.0 Å². The number of benzene rings is 2. The second kappa shape index (κ2) is 9.46. The summed E-state index contributed by atoms with van der Waals surface area (Å²) in [6.45, 7) is 1.10. The molecule has 0 radical (unpaired) electrons. The third-order valence-corrected chi connectivity index (χ3v) is 4.33. The molecule has 0 aliphatic heterocycles. The molecule has 0 bridgehead atoms. The fourth-order valence-electron chi connectivity index (χ4n) is 2.19. The molecule has 0 aromatic heterocycles. The number of rotatable bonds is 6. The zero-order valence-corrected chi connectivity index (χ0v) is 16.1. The number of esters is 2. The summed E-state index contributed by atoms with van der Waals surface area (Å²) in [5.74, 6) is -2.07. The largest absolute Gasteiger partial charge is 0.465 e. The van der Waals surface area contributed by atoms with Gasteiger partial charge in [-0.1, -0.05) is 6.07 Å². The van der Waals surface area contributed by atoms with Crippen LogP contribution < -0.4 is 5.32 Å². The maximum absolute atomic E-state index is 12.3. The molecule has 0 aliphatic rings. The molecule has 6 nitrogen and oxygen atoms in total. The van der Waals surface area contributed by atoms with Gasteiger partial charge in [0.25, 0.3) is 5.91 Å². The minimum absolute atomic E-state index is 0.00759. The molecule has 0 unspecified atom stereocenters. The molecule has 2 rings (SSSR count). The summed E-state index contributed by atoms with van der Waals surface area (Å²) in [5, 5.41) is 2.52. The van der Waals surface area contributed by atoms with E-state index in [1.807, 2.05) is 0 Å². The fourth-order valence-corrected chi connectivity index (χ4v) is 2.73. The normalized spacial score (nSPS) is 10.9. The predicted molar refractivity (Wildman–Crippen MR) is 99.8 cm³/mol. The summed E-state index contributed by atoms with van der Waals surface area (Å²) in [6.07, 6.45) is 0. The van der Waals surface area contributed by atoms with E-state index < -0.39 is 30.0 Å². The van der Waals surface area contributed by atoms with Crippen LogP contribution >= 0.6 is 11.8 Å². The van der Waals surface area contributed by atoms with Gasteiger partial charge in [0.1, 0.15) is 0 Å².